The summed E-state index contributed by atoms with van der Waals surface area (Å²) in [5.74, 6) is 2.65. The second-order valence-electron chi connectivity index (χ2n) is 25.5. The molecule has 0 aliphatic rings. The molecule has 12 rings (SSSR count). The highest BCUT2D eigenvalue weighted by atomic mass is 16.5. The van der Waals surface area contributed by atoms with Crippen LogP contribution in [0.15, 0.2) is 291 Å². The summed E-state index contributed by atoms with van der Waals surface area (Å²) in [6, 6.07) is 91.3. The van der Waals surface area contributed by atoms with E-state index in [9.17, 15) is 19.8 Å². The smallest absolute Gasteiger partial charge is 0.306 e. The minimum absolute atomic E-state index is 0.0136. The molecular weight excluding hydrogens is 1360 g/mol. The van der Waals surface area contributed by atoms with Crippen LogP contribution in [0, 0.1) is 0 Å². The maximum absolute atomic E-state index is 11.8. The summed E-state index contributed by atoms with van der Waals surface area (Å²) in [7, 11) is 6.64. The number of aliphatic hydroxyl groups excluding tert-OH is 1. The van der Waals surface area contributed by atoms with E-state index in [2.05, 4.69) is 75.4 Å². The SMILES string of the molecule is CC[NH+](CC)CC.COc1ccc(C(OCc2ccc(-c3ccc(OCc4cccc(CO)c4)cc3)nc2)(c2ccccc2)c2ccc(OC)cc2)cc1.COc1ccc(C(OCc2ccc(-c3ccc(OCc4cccc(COC(=O)CCC(=O)[O-])c4)cc3)nc2)(c2ccccc2)c2ccc(OC)cc2)cc1. The standard InChI is InChI=1S/C45H41NO8.C41H37NO5.C6H15N/c1-50-39-20-14-37(15-21-39)45(36-9-4-3-5-10-36,38-16-22-40(51-2)23-17-38)54-31-34-11-24-42(46-28-34)35-12-18-41(19-13-35)52-29-32-7-6-8-33(27-32)30-53-44(49)26-25-43(47)48;1-44-37-20-14-35(15-21-37)41(34-9-4-3-5-10-34,36-16-22-38(45-2)23-17-36)47-29-32-11-24-40(42-26-32)33-12-18-39(19-13-33)46-28-31-8-6-7-30(25-31)27-43;1-4-7(5-2)6-3/h3-24,27-28H,25-26,29-31H2,1-2H3,(H,47,48);3-26,43H,27-29H2,1-2H3;4-6H2,1-3H3. The molecule has 108 heavy (non-hydrogen) atoms. The van der Waals surface area contributed by atoms with Crippen molar-refractivity contribution in [3.8, 4) is 57.0 Å². The van der Waals surface area contributed by atoms with Crippen molar-refractivity contribution in [2.45, 2.75) is 84.5 Å². The normalized spacial score (nSPS) is 11.1. The van der Waals surface area contributed by atoms with Crippen molar-refractivity contribution < 1.29 is 67.3 Å². The molecule has 0 amide bonds. The van der Waals surface area contributed by atoms with Gasteiger partial charge in [0.25, 0.3) is 0 Å². The molecule has 554 valence electrons. The first-order valence-corrected chi connectivity index (χ1v) is 36.1. The summed E-state index contributed by atoms with van der Waals surface area (Å²) in [6.45, 7) is 11.9. The van der Waals surface area contributed by atoms with E-state index in [4.69, 9.17) is 52.6 Å². The Kier molecular flexibility index (Phi) is 29.1. The lowest BCUT2D eigenvalue weighted by atomic mass is 9.80. The summed E-state index contributed by atoms with van der Waals surface area (Å²) in [5, 5.41) is 19.9. The van der Waals surface area contributed by atoms with E-state index in [1.807, 2.05) is 237 Å². The zero-order valence-electron chi connectivity index (χ0n) is 62.2. The van der Waals surface area contributed by atoms with E-state index in [0.717, 1.165) is 118 Å². The Balaban J connectivity index is 0.000000213. The molecule has 0 saturated carbocycles. The summed E-state index contributed by atoms with van der Waals surface area (Å²) >= 11 is 0. The number of aromatic nitrogens is 2. The number of methoxy groups -OCH3 is 4. The Morgan fingerprint density at radius 1 is 0.361 bits per heavy atom. The van der Waals surface area contributed by atoms with Gasteiger partial charge in [-0.25, -0.2) is 0 Å². The van der Waals surface area contributed by atoms with E-state index in [1.165, 1.54) is 19.6 Å². The molecule has 0 aliphatic carbocycles. The van der Waals surface area contributed by atoms with Crippen molar-refractivity contribution in [1.82, 2.24) is 9.97 Å². The van der Waals surface area contributed by atoms with Crippen LogP contribution >= 0.6 is 0 Å². The Morgan fingerprint density at radius 2 is 0.694 bits per heavy atom. The minimum Gasteiger partial charge on any atom is -0.550 e. The quantitative estimate of drug-likeness (QED) is 0.0291. The third-order valence-electron chi connectivity index (χ3n) is 18.6. The molecule has 0 atom stereocenters. The van der Waals surface area contributed by atoms with Gasteiger partial charge in [0.05, 0.1) is 85.7 Å². The summed E-state index contributed by atoms with van der Waals surface area (Å²) in [4.78, 5) is 33.5. The molecule has 16 heteroatoms. The predicted octanol–water partition coefficient (Wildman–Crippen LogP) is 15.7. The van der Waals surface area contributed by atoms with Crippen LogP contribution in [0.1, 0.15) is 100 Å². The number of nitrogens with one attached hydrogen (secondary N) is 1. The molecule has 2 N–H and O–H groups in total. The van der Waals surface area contributed by atoms with Gasteiger partial charge < -0.3 is 62.5 Å². The van der Waals surface area contributed by atoms with Crippen LogP contribution in [0.2, 0.25) is 0 Å². The van der Waals surface area contributed by atoms with Gasteiger partial charge in [-0.2, -0.15) is 0 Å². The van der Waals surface area contributed by atoms with E-state index in [-0.39, 0.29) is 26.1 Å². The first-order chi connectivity index (χ1) is 52.8. The van der Waals surface area contributed by atoms with Crippen molar-refractivity contribution >= 4 is 11.9 Å². The molecule has 0 bridgehead atoms. The van der Waals surface area contributed by atoms with Gasteiger partial charge in [-0.1, -0.05) is 164 Å². The number of ether oxygens (including phenoxy) is 9. The lowest BCUT2D eigenvalue weighted by Crippen LogP contribution is -3.11. The Bertz CT molecular complexity index is 4580. The number of carboxylic acid groups (broad SMARTS) is 1. The van der Waals surface area contributed by atoms with Gasteiger partial charge >= 0.3 is 5.97 Å². The average molecular weight is 1450 g/mol. The third-order valence-corrected chi connectivity index (χ3v) is 18.6. The molecule has 0 unspecified atom stereocenters. The summed E-state index contributed by atoms with van der Waals surface area (Å²) < 4.78 is 53.0. The number of nitrogens with zero attached hydrogens (tertiary/aromatic N) is 2. The number of hydrogen-bond acceptors (Lipinski definition) is 15. The van der Waals surface area contributed by atoms with Gasteiger partial charge in [0.2, 0.25) is 0 Å². The number of carbonyl (C=O) groups is 2. The van der Waals surface area contributed by atoms with Gasteiger partial charge in [-0.05, 0) is 209 Å². The van der Waals surface area contributed by atoms with Crippen molar-refractivity contribution in [1.29, 1.82) is 0 Å². The van der Waals surface area contributed by atoms with Crippen LogP contribution in [0.3, 0.4) is 0 Å². The van der Waals surface area contributed by atoms with E-state index in [0.29, 0.717) is 32.2 Å². The van der Waals surface area contributed by atoms with Crippen LogP contribution in [0.5, 0.6) is 34.5 Å². The molecule has 0 aliphatic heterocycles. The lowest BCUT2D eigenvalue weighted by molar-refractivity contribution is -0.894. The van der Waals surface area contributed by atoms with Crippen molar-refractivity contribution in [2.24, 2.45) is 0 Å². The Labute approximate surface area is 633 Å². The maximum atomic E-state index is 11.8. The number of pyridine rings is 2. The number of benzene rings is 10. The topological polar surface area (TPSA) is 191 Å². The Morgan fingerprint density at radius 3 is 1.01 bits per heavy atom. The van der Waals surface area contributed by atoms with E-state index in [1.54, 1.807) is 33.3 Å². The highest BCUT2D eigenvalue weighted by Crippen LogP contribution is 2.44. The number of hydrogen-bond donors (Lipinski definition) is 2. The Hall–Kier alpha value is -11.9. The molecule has 10 aromatic carbocycles. The van der Waals surface area contributed by atoms with E-state index >= 15 is 0 Å². The van der Waals surface area contributed by atoms with Crippen LogP contribution < -0.4 is 38.4 Å². The number of rotatable bonds is 33. The number of quaternary nitrogens is 1. The second-order valence-corrected chi connectivity index (χ2v) is 25.5. The molecule has 2 heterocycles. The molecule has 0 radical (unpaired) electrons. The highest BCUT2D eigenvalue weighted by Gasteiger charge is 2.39. The lowest BCUT2D eigenvalue weighted by Gasteiger charge is -2.36. The number of esters is 1. The molecule has 2 aromatic heterocycles. The van der Waals surface area contributed by atoms with Gasteiger partial charge in [0.1, 0.15) is 65.5 Å². The summed E-state index contributed by atoms with van der Waals surface area (Å²) in [5.41, 5.74) is 13.0. The molecule has 0 fully saturated rings. The van der Waals surface area contributed by atoms with Crippen molar-refractivity contribution in [2.75, 3.05) is 48.1 Å². The molecule has 0 saturated heterocycles. The van der Waals surface area contributed by atoms with Crippen molar-refractivity contribution in [3.05, 3.63) is 358 Å². The second kappa shape index (κ2) is 40.0. The largest absolute Gasteiger partial charge is 0.550 e. The zero-order chi connectivity index (χ0) is 75.9. The number of aliphatic carboxylic acids is 1. The number of carboxylic acids is 1. The average Bonchev–Trinajstić information content (AvgIpc) is 0.758. The summed E-state index contributed by atoms with van der Waals surface area (Å²) in [6.07, 6.45) is 3.12. The van der Waals surface area contributed by atoms with E-state index < -0.39 is 23.1 Å². The first-order valence-electron chi connectivity index (χ1n) is 36.1. The minimum atomic E-state index is -1.28. The third kappa shape index (κ3) is 21.2. The monoisotopic (exact) mass is 1450 g/mol. The first kappa shape index (κ1) is 78.7. The van der Waals surface area contributed by atoms with Crippen LogP contribution in [-0.4, -0.2) is 75.1 Å². The van der Waals surface area contributed by atoms with Crippen LogP contribution in [-0.2, 0) is 74.6 Å². The van der Waals surface area contributed by atoms with Gasteiger partial charge in [0, 0.05) is 29.5 Å². The van der Waals surface area contributed by atoms with Crippen LogP contribution in [0.25, 0.3) is 22.5 Å². The number of aliphatic hydroxyl groups is 1. The fourth-order valence-corrected chi connectivity index (χ4v) is 12.5. The zero-order valence-corrected chi connectivity index (χ0v) is 62.2. The number of carbonyl (C=O) groups excluding carboxylic acids is 2. The van der Waals surface area contributed by atoms with Crippen LogP contribution in [0.4, 0.5) is 0 Å². The van der Waals surface area contributed by atoms with Crippen molar-refractivity contribution in [3.63, 3.8) is 0 Å². The molecular formula is C92H93N3O13. The van der Waals surface area contributed by atoms with Gasteiger partial charge in [-0.15, -0.1) is 0 Å². The van der Waals surface area contributed by atoms with Gasteiger partial charge in [0.15, 0.2) is 0 Å². The molecule has 0 spiro atoms. The molecule has 12 aromatic rings. The fourth-order valence-electron chi connectivity index (χ4n) is 12.5. The highest BCUT2D eigenvalue weighted by molar-refractivity contribution is 5.75. The van der Waals surface area contributed by atoms with Gasteiger partial charge in [-0.3, -0.25) is 14.8 Å². The predicted molar refractivity (Wildman–Crippen MR) is 418 cm³/mol. The molecule has 16 nitrogen and oxygen atoms in total. The maximum Gasteiger partial charge on any atom is 0.306 e. The fraction of sp³-hybridized carbons (Fsp3) is 0.217.